The minimum absolute atomic E-state index is 0.0106. The molecule has 2 aromatic heterocycles. The van der Waals surface area contributed by atoms with Gasteiger partial charge in [0.15, 0.2) is 0 Å². The summed E-state index contributed by atoms with van der Waals surface area (Å²) in [6, 6.07) is 13.9. The van der Waals surface area contributed by atoms with Gasteiger partial charge in [0.05, 0.1) is 31.6 Å². The lowest BCUT2D eigenvalue weighted by molar-refractivity contribution is 0.0738. The fourth-order valence-corrected chi connectivity index (χ4v) is 3.42. The summed E-state index contributed by atoms with van der Waals surface area (Å²) in [5.74, 6) is 0.0106. The van der Waals surface area contributed by atoms with E-state index in [4.69, 9.17) is 5.11 Å². The van der Waals surface area contributed by atoms with E-state index in [1.54, 1.807) is 10.9 Å². The lowest BCUT2D eigenvalue weighted by Gasteiger charge is -2.17. The molecule has 1 N–H and O–H groups in total. The van der Waals surface area contributed by atoms with Gasteiger partial charge in [-0.05, 0) is 17.7 Å². The van der Waals surface area contributed by atoms with Gasteiger partial charge in [-0.1, -0.05) is 30.3 Å². The Kier molecular flexibility index (Phi) is 3.89. The van der Waals surface area contributed by atoms with E-state index in [1.165, 1.54) is 0 Å². The van der Waals surface area contributed by atoms with E-state index < -0.39 is 0 Å². The first-order chi connectivity index (χ1) is 12.2. The molecular weight excluding hydrogens is 316 g/mol. The molecule has 25 heavy (non-hydrogen) atoms. The first kappa shape index (κ1) is 15.7. The zero-order valence-electron chi connectivity index (χ0n) is 14.1. The van der Waals surface area contributed by atoms with E-state index in [9.17, 15) is 4.79 Å². The molecule has 0 radical (unpaired) electrons. The van der Waals surface area contributed by atoms with Crippen molar-refractivity contribution in [2.45, 2.75) is 19.6 Å². The molecule has 3 heterocycles. The van der Waals surface area contributed by atoms with Crippen molar-refractivity contribution in [3.63, 3.8) is 0 Å². The van der Waals surface area contributed by atoms with Crippen molar-refractivity contribution < 1.29 is 9.90 Å². The van der Waals surface area contributed by atoms with E-state index >= 15 is 0 Å². The van der Waals surface area contributed by atoms with E-state index in [1.807, 2.05) is 59.0 Å². The number of nitrogens with zero attached hydrogens (tertiary/aromatic N) is 4. The average molecular weight is 336 g/mol. The number of amides is 1. The van der Waals surface area contributed by atoms with Crippen LogP contribution in [0.5, 0.6) is 0 Å². The molecule has 0 spiro atoms. The van der Waals surface area contributed by atoms with Crippen molar-refractivity contribution in [1.82, 2.24) is 19.2 Å². The van der Waals surface area contributed by atoms with Gasteiger partial charge in [0, 0.05) is 24.8 Å². The minimum atomic E-state index is 0.0106. The zero-order valence-corrected chi connectivity index (χ0v) is 14.1. The van der Waals surface area contributed by atoms with Gasteiger partial charge in [-0.2, -0.15) is 5.10 Å². The Balaban J connectivity index is 1.58. The molecule has 128 valence electrons. The van der Waals surface area contributed by atoms with Crippen LogP contribution >= 0.6 is 0 Å². The third-order valence-corrected chi connectivity index (χ3v) is 4.75. The molecule has 0 aliphatic carbocycles. The molecule has 1 aromatic carbocycles. The summed E-state index contributed by atoms with van der Waals surface area (Å²) in [7, 11) is 1.92. The highest BCUT2D eigenvalue weighted by Gasteiger charge is 2.29. The normalized spacial score (nSPS) is 13.3. The fraction of sp³-hybridized carbons (Fsp3) is 0.263. The summed E-state index contributed by atoms with van der Waals surface area (Å²) < 4.78 is 3.73. The van der Waals surface area contributed by atoms with Crippen LogP contribution in [0.4, 0.5) is 0 Å². The lowest BCUT2D eigenvalue weighted by Crippen LogP contribution is -2.28. The molecule has 0 unspecified atom stereocenters. The van der Waals surface area contributed by atoms with Crippen LogP contribution in [0.25, 0.3) is 11.3 Å². The molecular formula is C19H20N4O2. The fourth-order valence-electron chi connectivity index (χ4n) is 3.42. The molecule has 4 rings (SSSR count). The molecule has 0 atom stereocenters. The Morgan fingerprint density at radius 2 is 1.96 bits per heavy atom. The summed E-state index contributed by atoms with van der Waals surface area (Å²) in [6.45, 7) is 1.59. The van der Waals surface area contributed by atoms with Crippen molar-refractivity contribution in [1.29, 1.82) is 0 Å². The third-order valence-electron chi connectivity index (χ3n) is 4.75. The van der Waals surface area contributed by atoms with Gasteiger partial charge >= 0.3 is 0 Å². The van der Waals surface area contributed by atoms with Crippen LogP contribution < -0.4 is 0 Å². The van der Waals surface area contributed by atoms with Crippen LogP contribution in [-0.2, 0) is 26.7 Å². The smallest absolute Gasteiger partial charge is 0.271 e. The van der Waals surface area contributed by atoms with Gasteiger partial charge in [0.1, 0.15) is 5.69 Å². The number of benzene rings is 1. The van der Waals surface area contributed by atoms with Gasteiger partial charge in [0.2, 0.25) is 0 Å². The summed E-state index contributed by atoms with van der Waals surface area (Å²) >= 11 is 0. The van der Waals surface area contributed by atoms with Crippen LogP contribution in [0, 0.1) is 0 Å². The maximum absolute atomic E-state index is 13.0. The second kappa shape index (κ2) is 6.22. The number of fused-ring (bicyclic) bond motifs is 1. The summed E-state index contributed by atoms with van der Waals surface area (Å²) in [4.78, 5) is 14.8. The van der Waals surface area contributed by atoms with Crippen molar-refractivity contribution in [3.8, 4) is 11.3 Å². The second-order valence-electron chi connectivity index (χ2n) is 6.25. The van der Waals surface area contributed by atoms with E-state index in [0.29, 0.717) is 25.3 Å². The average Bonchev–Trinajstić information content (AvgIpc) is 3.31. The highest BCUT2D eigenvalue weighted by molar-refractivity contribution is 5.94. The molecule has 1 aliphatic rings. The molecule has 0 bridgehead atoms. The zero-order chi connectivity index (χ0) is 17.4. The first-order valence-corrected chi connectivity index (χ1v) is 8.34. The molecule has 6 nitrogen and oxygen atoms in total. The molecule has 1 amide bonds. The SMILES string of the molecule is Cn1c(C(=O)N2Cc3cnn(CCO)c3C2)ccc1-c1ccccc1. The van der Waals surface area contributed by atoms with Gasteiger partial charge in [-0.25, -0.2) is 0 Å². The Hall–Kier alpha value is -2.86. The van der Waals surface area contributed by atoms with Gasteiger partial charge in [-0.15, -0.1) is 0 Å². The number of carbonyl (C=O) groups excluding carboxylic acids is 1. The van der Waals surface area contributed by atoms with Gasteiger partial charge in [-0.3, -0.25) is 9.48 Å². The number of hydrogen-bond donors (Lipinski definition) is 1. The summed E-state index contributed by atoms with van der Waals surface area (Å²) in [6.07, 6.45) is 1.79. The second-order valence-corrected chi connectivity index (χ2v) is 6.25. The monoisotopic (exact) mass is 336 g/mol. The number of carbonyl (C=O) groups is 1. The molecule has 0 fully saturated rings. The van der Waals surface area contributed by atoms with Crippen LogP contribution in [-0.4, -0.2) is 36.9 Å². The highest BCUT2D eigenvalue weighted by Crippen LogP contribution is 2.26. The van der Waals surface area contributed by atoms with E-state index in [0.717, 1.165) is 22.5 Å². The number of aliphatic hydroxyl groups is 1. The van der Waals surface area contributed by atoms with Crippen LogP contribution in [0.1, 0.15) is 21.7 Å². The Morgan fingerprint density at radius 1 is 1.16 bits per heavy atom. The maximum Gasteiger partial charge on any atom is 0.271 e. The predicted octanol–water partition coefficient (Wildman–Crippen LogP) is 2.04. The third kappa shape index (κ3) is 2.64. The van der Waals surface area contributed by atoms with E-state index in [2.05, 4.69) is 5.10 Å². The van der Waals surface area contributed by atoms with Crippen molar-refractivity contribution in [2.24, 2.45) is 7.05 Å². The maximum atomic E-state index is 13.0. The standard InChI is InChI=1S/C19H20N4O2/c1-21-16(14-5-3-2-4-6-14)7-8-17(21)19(25)22-12-15-11-20-23(9-10-24)18(15)13-22/h2-8,11,24H,9-10,12-13H2,1H3. The molecule has 6 heteroatoms. The van der Waals surface area contributed by atoms with Crippen LogP contribution in [0.3, 0.4) is 0 Å². The quantitative estimate of drug-likeness (QED) is 0.793. The first-order valence-electron chi connectivity index (χ1n) is 8.34. The van der Waals surface area contributed by atoms with Crippen LogP contribution in [0.2, 0.25) is 0 Å². The number of hydrogen-bond acceptors (Lipinski definition) is 3. The largest absolute Gasteiger partial charge is 0.394 e. The van der Waals surface area contributed by atoms with E-state index in [-0.39, 0.29) is 12.5 Å². The lowest BCUT2D eigenvalue weighted by atomic mass is 10.2. The van der Waals surface area contributed by atoms with Crippen molar-refractivity contribution in [3.05, 3.63) is 65.6 Å². The van der Waals surface area contributed by atoms with Gasteiger partial charge < -0.3 is 14.6 Å². The topological polar surface area (TPSA) is 63.3 Å². The van der Waals surface area contributed by atoms with Crippen molar-refractivity contribution in [2.75, 3.05) is 6.61 Å². The number of aromatic nitrogens is 3. The highest BCUT2D eigenvalue weighted by atomic mass is 16.3. The minimum Gasteiger partial charge on any atom is -0.394 e. The Morgan fingerprint density at radius 3 is 2.72 bits per heavy atom. The number of aliphatic hydroxyl groups excluding tert-OH is 1. The number of rotatable bonds is 4. The summed E-state index contributed by atoms with van der Waals surface area (Å²) in [5.41, 5.74) is 4.85. The van der Waals surface area contributed by atoms with Crippen LogP contribution in [0.15, 0.2) is 48.7 Å². The predicted molar refractivity (Wildman–Crippen MR) is 93.7 cm³/mol. The van der Waals surface area contributed by atoms with Crippen molar-refractivity contribution >= 4 is 5.91 Å². The molecule has 0 saturated heterocycles. The Labute approximate surface area is 145 Å². The molecule has 3 aromatic rings. The molecule has 0 saturated carbocycles. The Bertz CT molecular complexity index is 911. The summed E-state index contributed by atoms with van der Waals surface area (Å²) in [5, 5.41) is 13.4. The molecule has 1 aliphatic heterocycles. The van der Waals surface area contributed by atoms with Gasteiger partial charge in [0.25, 0.3) is 5.91 Å².